The zero-order chi connectivity index (χ0) is 14.5. The summed E-state index contributed by atoms with van der Waals surface area (Å²) in [6.45, 7) is 3.26. The molecule has 0 spiro atoms. The molecular weight excluding hydrogens is 262 g/mol. The smallest absolute Gasteiger partial charge is 0.231 e. The van der Waals surface area contributed by atoms with Gasteiger partial charge >= 0.3 is 0 Å². The highest BCUT2D eigenvalue weighted by molar-refractivity contribution is 5.53. The van der Waals surface area contributed by atoms with Gasteiger partial charge in [0.05, 0.1) is 5.92 Å². The molecule has 112 valence electrons. The summed E-state index contributed by atoms with van der Waals surface area (Å²) >= 11 is 0. The molecule has 1 N–H and O–H groups in total. The van der Waals surface area contributed by atoms with E-state index in [0.717, 1.165) is 30.8 Å². The number of benzene rings is 1. The monoisotopic (exact) mass is 285 g/mol. The van der Waals surface area contributed by atoms with E-state index in [2.05, 4.69) is 22.4 Å². The van der Waals surface area contributed by atoms with Gasteiger partial charge < -0.3 is 9.84 Å². The molecule has 0 saturated heterocycles. The van der Waals surface area contributed by atoms with Gasteiger partial charge in [-0.25, -0.2) is 0 Å². The van der Waals surface area contributed by atoms with E-state index in [1.54, 1.807) is 0 Å². The van der Waals surface area contributed by atoms with Crippen LogP contribution in [0.5, 0.6) is 0 Å². The van der Waals surface area contributed by atoms with E-state index in [1.807, 2.05) is 30.3 Å². The van der Waals surface area contributed by atoms with E-state index in [0.29, 0.717) is 17.8 Å². The molecule has 0 bridgehead atoms. The van der Waals surface area contributed by atoms with Crippen molar-refractivity contribution in [3.8, 4) is 11.4 Å². The van der Waals surface area contributed by atoms with Crippen LogP contribution in [0.4, 0.5) is 0 Å². The Morgan fingerprint density at radius 3 is 2.81 bits per heavy atom. The Morgan fingerprint density at radius 2 is 2.00 bits per heavy atom. The molecule has 2 aromatic rings. The van der Waals surface area contributed by atoms with Crippen LogP contribution in [-0.4, -0.2) is 22.7 Å². The highest BCUT2D eigenvalue weighted by Gasteiger charge is 2.30. The number of rotatable bonds is 5. The highest BCUT2D eigenvalue weighted by Crippen LogP contribution is 2.33. The second-order valence-electron chi connectivity index (χ2n) is 5.77. The summed E-state index contributed by atoms with van der Waals surface area (Å²) < 4.78 is 5.57. The maximum Gasteiger partial charge on any atom is 0.231 e. The molecule has 0 aliphatic heterocycles. The molecule has 1 aliphatic carbocycles. The molecular formula is C17H23N3O. The Bertz CT molecular complexity index is 552. The number of hydrogen-bond acceptors (Lipinski definition) is 4. The first-order chi connectivity index (χ1) is 10.4. The van der Waals surface area contributed by atoms with E-state index < -0.39 is 0 Å². The fourth-order valence-corrected chi connectivity index (χ4v) is 3.09. The highest BCUT2D eigenvalue weighted by atomic mass is 16.5. The summed E-state index contributed by atoms with van der Waals surface area (Å²) in [4.78, 5) is 4.64. The zero-order valence-corrected chi connectivity index (χ0v) is 12.6. The molecule has 1 aliphatic rings. The van der Waals surface area contributed by atoms with Crippen molar-refractivity contribution in [3.63, 3.8) is 0 Å². The van der Waals surface area contributed by atoms with Crippen molar-refractivity contribution in [3.05, 3.63) is 36.2 Å². The molecule has 0 radical (unpaired) electrons. The first-order valence-corrected chi connectivity index (χ1v) is 8.01. The Hall–Kier alpha value is -1.68. The lowest BCUT2D eigenvalue weighted by molar-refractivity contribution is 0.263. The molecule has 2 atom stereocenters. The molecule has 3 rings (SSSR count). The summed E-state index contributed by atoms with van der Waals surface area (Å²) in [7, 11) is 0. The fraction of sp³-hybridized carbons (Fsp3) is 0.529. The number of nitrogens with zero attached hydrogens (tertiary/aromatic N) is 2. The van der Waals surface area contributed by atoms with Gasteiger partial charge in [-0.3, -0.25) is 0 Å². The van der Waals surface area contributed by atoms with E-state index in [1.165, 1.54) is 19.3 Å². The van der Waals surface area contributed by atoms with Gasteiger partial charge in [0, 0.05) is 11.6 Å². The SMILES string of the molecule is CCCNC1CCCCC1c1nc(-c2ccccc2)no1. The van der Waals surface area contributed by atoms with E-state index in [-0.39, 0.29) is 0 Å². The van der Waals surface area contributed by atoms with Gasteiger partial charge in [-0.05, 0) is 25.8 Å². The van der Waals surface area contributed by atoms with Gasteiger partial charge in [0.1, 0.15) is 0 Å². The number of aromatic nitrogens is 2. The van der Waals surface area contributed by atoms with Crippen molar-refractivity contribution in [2.75, 3.05) is 6.54 Å². The minimum absolute atomic E-state index is 0.357. The van der Waals surface area contributed by atoms with Crippen molar-refractivity contribution >= 4 is 0 Å². The van der Waals surface area contributed by atoms with Crippen molar-refractivity contribution in [2.45, 2.75) is 51.0 Å². The normalized spacial score (nSPS) is 22.3. The average Bonchev–Trinajstić information content (AvgIpc) is 3.04. The lowest BCUT2D eigenvalue weighted by atomic mass is 9.84. The standard InChI is InChI=1S/C17H23N3O/c1-2-12-18-15-11-7-6-10-14(15)17-19-16(20-21-17)13-8-4-3-5-9-13/h3-5,8-9,14-15,18H,2,6-7,10-12H2,1H3. The van der Waals surface area contributed by atoms with Crippen molar-refractivity contribution in [1.82, 2.24) is 15.5 Å². The molecule has 21 heavy (non-hydrogen) atoms. The molecule has 2 unspecified atom stereocenters. The largest absolute Gasteiger partial charge is 0.339 e. The first kappa shape index (κ1) is 14.3. The van der Waals surface area contributed by atoms with Crippen molar-refractivity contribution in [1.29, 1.82) is 0 Å². The van der Waals surface area contributed by atoms with Crippen LogP contribution in [0.1, 0.15) is 50.8 Å². The second-order valence-corrected chi connectivity index (χ2v) is 5.77. The lowest BCUT2D eigenvalue weighted by Crippen LogP contribution is -2.37. The van der Waals surface area contributed by atoms with E-state index in [4.69, 9.17) is 4.52 Å². The maximum atomic E-state index is 5.57. The first-order valence-electron chi connectivity index (χ1n) is 8.01. The van der Waals surface area contributed by atoms with Crippen molar-refractivity contribution in [2.24, 2.45) is 0 Å². The fourth-order valence-electron chi connectivity index (χ4n) is 3.09. The molecule has 1 saturated carbocycles. The summed E-state index contributed by atoms with van der Waals surface area (Å²) in [6.07, 6.45) is 6.03. The molecule has 1 aromatic heterocycles. The summed E-state index contributed by atoms with van der Waals surface area (Å²) in [5.41, 5.74) is 1.02. The van der Waals surface area contributed by atoms with Gasteiger partial charge in [-0.15, -0.1) is 0 Å². The summed E-state index contributed by atoms with van der Waals surface area (Å²) in [5, 5.41) is 7.80. The minimum Gasteiger partial charge on any atom is -0.339 e. The van der Waals surface area contributed by atoms with E-state index in [9.17, 15) is 0 Å². The van der Waals surface area contributed by atoms with Crippen LogP contribution in [0.15, 0.2) is 34.9 Å². The van der Waals surface area contributed by atoms with Crippen LogP contribution in [0, 0.1) is 0 Å². The zero-order valence-electron chi connectivity index (χ0n) is 12.6. The van der Waals surface area contributed by atoms with Gasteiger partial charge in [-0.1, -0.05) is 55.3 Å². The van der Waals surface area contributed by atoms with Crippen LogP contribution in [0.2, 0.25) is 0 Å². The average molecular weight is 285 g/mol. The quantitative estimate of drug-likeness (QED) is 0.908. The number of nitrogens with one attached hydrogen (secondary N) is 1. The summed E-state index contributed by atoms with van der Waals surface area (Å²) in [6, 6.07) is 10.5. The number of hydrogen-bond donors (Lipinski definition) is 1. The minimum atomic E-state index is 0.357. The van der Waals surface area contributed by atoms with Crippen LogP contribution >= 0.6 is 0 Å². The van der Waals surface area contributed by atoms with Crippen LogP contribution < -0.4 is 5.32 Å². The summed E-state index contributed by atoms with van der Waals surface area (Å²) in [5.74, 6) is 1.85. The Labute approximate surface area is 126 Å². The topological polar surface area (TPSA) is 51.0 Å². The molecule has 4 heteroatoms. The van der Waals surface area contributed by atoms with Crippen LogP contribution in [0.3, 0.4) is 0 Å². The Morgan fingerprint density at radius 1 is 1.19 bits per heavy atom. The molecule has 1 fully saturated rings. The van der Waals surface area contributed by atoms with Gasteiger partial charge in [0.15, 0.2) is 0 Å². The van der Waals surface area contributed by atoms with Gasteiger partial charge in [-0.2, -0.15) is 4.98 Å². The van der Waals surface area contributed by atoms with Crippen LogP contribution in [-0.2, 0) is 0 Å². The third-order valence-electron chi connectivity index (χ3n) is 4.21. The van der Waals surface area contributed by atoms with Crippen LogP contribution in [0.25, 0.3) is 11.4 Å². The van der Waals surface area contributed by atoms with Gasteiger partial charge in [0.25, 0.3) is 0 Å². The van der Waals surface area contributed by atoms with Crippen molar-refractivity contribution < 1.29 is 4.52 Å². The molecule has 1 aromatic carbocycles. The molecule has 0 amide bonds. The lowest BCUT2D eigenvalue weighted by Gasteiger charge is -2.29. The van der Waals surface area contributed by atoms with Gasteiger partial charge in [0.2, 0.25) is 11.7 Å². The Kier molecular flexibility index (Phi) is 4.65. The third-order valence-corrected chi connectivity index (χ3v) is 4.21. The Balaban J connectivity index is 1.77. The molecule has 1 heterocycles. The third kappa shape index (κ3) is 3.32. The molecule has 4 nitrogen and oxygen atoms in total. The predicted octanol–water partition coefficient (Wildman–Crippen LogP) is 3.76. The second kappa shape index (κ2) is 6.85. The maximum absolute atomic E-state index is 5.57. The van der Waals surface area contributed by atoms with E-state index >= 15 is 0 Å². The predicted molar refractivity (Wildman–Crippen MR) is 83.0 cm³/mol.